The summed E-state index contributed by atoms with van der Waals surface area (Å²) in [6.07, 6.45) is 8.98. The molecule has 270 valence electrons. The Hall–Kier alpha value is -3.78. The SMILES string of the molecule is CC(C)C1CC2(Cc3cc(-c4cc(Cl)cc(-c5cccc(-c6cccnc6)c5)c4)cc(-c4cccnc4)c31)OB(B1OC(C)(C)C(C)(C)O1)OC2(C)C. The average molecular weight is 725 g/mol. The van der Waals surface area contributed by atoms with Crippen LogP contribution in [0.15, 0.2) is 104 Å². The average Bonchev–Trinajstić information content (AvgIpc) is 3.52. The predicted molar refractivity (Wildman–Crippen MR) is 216 cm³/mol. The fourth-order valence-electron chi connectivity index (χ4n) is 8.41. The smallest absolute Gasteiger partial charge is 0.405 e. The highest BCUT2D eigenvalue weighted by molar-refractivity contribution is 7.11. The van der Waals surface area contributed by atoms with E-state index >= 15 is 0 Å². The van der Waals surface area contributed by atoms with E-state index in [1.807, 2.05) is 36.8 Å². The lowest BCUT2D eigenvalue weighted by molar-refractivity contribution is -0.0431. The van der Waals surface area contributed by atoms with Crippen molar-refractivity contribution in [2.45, 2.75) is 96.6 Å². The van der Waals surface area contributed by atoms with Crippen LogP contribution >= 0.6 is 11.6 Å². The van der Waals surface area contributed by atoms with E-state index < -0.39 is 36.4 Å². The Balaban J connectivity index is 1.24. The van der Waals surface area contributed by atoms with Gasteiger partial charge >= 0.3 is 14.0 Å². The maximum atomic E-state index is 7.14. The zero-order valence-electron chi connectivity index (χ0n) is 31.9. The van der Waals surface area contributed by atoms with E-state index in [2.05, 4.69) is 126 Å². The van der Waals surface area contributed by atoms with Gasteiger partial charge in [-0.15, -0.1) is 0 Å². The molecule has 0 amide bonds. The molecule has 2 saturated heterocycles. The van der Waals surface area contributed by atoms with E-state index in [0.717, 1.165) is 45.4 Å². The molecule has 2 aromatic heterocycles. The van der Waals surface area contributed by atoms with Crippen molar-refractivity contribution in [2.75, 3.05) is 0 Å². The first-order valence-corrected chi connectivity index (χ1v) is 19.1. The van der Waals surface area contributed by atoms with Crippen molar-refractivity contribution in [2.24, 2.45) is 5.92 Å². The molecule has 3 aromatic carbocycles. The van der Waals surface area contributed by atoms with Crippen LogP contribution in [-0.4, -0.2) is 46.4 Å². The van der Waals surface area contributed by atoms with Crippen LogP contribution in [0.3, 0.4) is 0 Å². The number of hydrogen-bond donors (Lipinski definition) is 0. The number of pyridine rings is 2. The fraction of sp³-hybridized carbons (Fsp3) is 0.364. The lowest BCUT2D eigenvalue weighted by atomic mass is 9.49. The minimum Gasteiger partial charge on any atom is -0.405 e. The molecule has 3 aliphatic rings. The van der Waals surface area contributed by atoms with Crippen molar-refractivity contribution >= 4 is 25.6 Å². The molecule has 0 N–H and O–H groups in total. The van der Waals surface area contributed by atoms with Crippen LogP contribution in [0.4, 0.5) is 0 Å². The minimum absolute atomic E-state index is 0.202. The standard InChI is InChI=1S/C44H47B2ClN2O4/c1-28(2)39-25-44(43(7,8)52-46(53-44)45-50-41(3,4)42(5,6)51-45)24-36-20-35(23-38(40(36)39)32-15-11-17-49-27-32)34-19-33(21-37(47)22-34)30-13-9-12-29(18-30)31-14-10-16-48-26-31/h9-23,26-28,39H,24-25H2,1-8H3. The fourth-order valence-corrected chi connectivity index (χ4v) is 8.65. The van der Waals surface area contributed by atoms with Crippen LogP contribution in [0.2, 0.25) is 5.02 Å². The van der Waals surface area contributed by atoms with Crippen LogP contribution < -0.4 is 0 Å². The molecule has 2 aliphatic heterocycles. The van der Waals surface area contributed by atoms with Crippen molar-refractivity contribution in [3.8, 4) is 44.5 Å². The van der Waals surface area contributed by atoms with Gasteiger partial charge < -0.3 is 18.6 Å². The van der Waals surface area contributed by atoms with Crippen molar-refractivity contribution in [1.29, 1.82) is 0 Å². The molecular weight excluding hydrogens is 678 g/mol. The van der Waals surface area contributed by atoms with Gasteiger partial charge in [-0.1, -0.05) is 61.8 Å². The Morgan fingerprint density at radius 3 is 1.77 bits per heavy atom. The summed E-state index contributed by atoms with van der Waals surface area (Å²) >= 11 is 6.95. The summed E-state index contributed by atoms with van der Waals surface area (Å²) < 4.78 is 26.9. The van der Waals surface area contributed by atoms with Gasteiger partial charge in [0.15, 0.2) is 0 Å². The molecule has 8 rings (SSSR count). The van der Waals surface area contributed by atoms with E-state index in [1.54, 1.807) is 6.20 Å². The molecule has 9 heteroatoms. The third-order valence-corrected chi connectivity index (χ3v) is 12.4. The number of halogens is 1. The summed E-state index contributed by atoms with van der Waals surface area (Å²) in [7, 11) is -1.28. The molecule has 6 nitrogen and oxygen atoms in total. The van der Waals surface area contributed by atoms with Gasteiger partial charge in [0.1, 0.15) is 0 Å². The summed E-state index contributed by atoms with van der Waals surface area (Å²) in [4.78, 5) is 8.89. The molecule has 0 saturated carbocycles. The van der Waals surface area contributed by atoms with E-state index in [-0.39, 0.29) is 5.92 Å². The molecule has 0 bridgehead atoms. The molecule has 1 spiro atoms. The third kappa shape index (κ3) is 6.47. The molecule has 2 atom stereocenters. The van der Waals surface area contributed by atoms with Crippen LogP contribution in [0.1, 0.15) is 78.9 Å². The lowest BCUT2D eigenvalue weighted by Gasteiger charge is -2.48. The van der Waals surface area contributed by atoms with Crippen molar-refractivity contribution in [1.82, 2.24) is 9.97 Å². The Morgan fingerprint density at radius 2 is 1.15 bits per heavy atom. The van der Waals surface area contributed by atoms with Crippen LogP contribution in [0.25, 0.3) is 44.5 Å². The highest BCUT2D eigenvalue weighted by Crippen LogP contribution is 2.55. The highest BCUT2D eigenvalue weighted by atomic mass is 35.5. The zero-order valence-corrected chi connectivity index (χ0v) is 32.7. The lowest BCUT2D eigenvalue weighted by Crippen LogP contribution is -2.53. The van der Waals surface area contributed by atoms with Gasteiger partial charge in [0.25, 0.3) is 0 Å². The highest BCUT2D eigenvalue weighted by Gasteiger charge is 2.67. The Labute approximate surface area is 319 Å². The number of aromatic nitrogens is 2. The number of rotatable bonds is 6. The van der Waals surface area contributed by atoms with Crippen LogP contribution in [0, 0.1) is 5.92 Å². The summed E-state index contributed by atoms with van der Waals surface area (Å²) in [5, 5.41) is 0.681. The van der Waals surface area contributed by atoms with Crippen LogP contribution in [0.5, 0.6) is 0 Å². The second-order valence-corrected chi connectivity index (χ2v) is 17.3. The normalized spacial score (nSPS) is 22.8. The number of fused-ring (bicyclic) bond motifs is 1. The maximum absolute atomic E-state index is 7.14. The van der Waals surface area contributed by atoms with Crippen molar-refractivity contribution < 1.29 is 18.6 Å². The first kappa shape index (κ1) is 36.2. The number of benzene rings is 3. The van der Waals surface area contributed by atoms with E-state index in [9.17, 15) is 0 Å². The maximum Gasteiger partial charge on any atom is 0.489 e. The van der Waals surface area contributed by atoms with E-state index in [4.69, 9.17) is 30.2 Å². The van der Waals surface area contributed by atoms with Gasteiger partial charge in [0.05, 0.1) is 22.4 Å². The Morgan fingerprint density at radius 1 is 0.623 bits per heavy atom. The second kappa shape index (κ2) is 13.2. The summed E-state index contributed by atoms with van der Waals surface area (Å²) in [6.45, 7) is 17.2. The van der Waals surface area contributed by atoms with Crippen molar-refractivity contribution in [3.05, 3.63) is 120 Å². The first-order valence-electron chi connectivity index (χ1n) is 18.8. The zero-order chi connectivity index (χ0) is 37.3. The largest absolute Gasteiger partial charge is 0.489 e. The first-order chi connectivity index (χ1) is 25.2. The molecule has 1 aliphatic carbocycles. The van der Waals surface area contributed by atoms with Crippen molar-refractivity contribution in [3.63, 3.8) is 0 Å². The number of nitrogens with zero attached hydrogens (tertiary/aromatic N) is 2. The third-order valence-electron chi connectivity index (χ3n) is 12.2. The Kier molecular flexibility index (Phi) is 9.02. The van der Waals surface area contributed by atoms with Gasteiger partial charge in [-0.2, -0.15) is 0 Å². The summed E-state index contributed by atoms with van der Waals surface area (Å²) in [5.41, 5.74) is 9.14. The minimum atomic E-state index is -0.653. The molecule has 4 heterocycles. The predicted octanol–water partition coefficient (Wildman–Crippen LogP) is 10.7. The van der Waals surface area contributed by atoms with Gasteiger partial charge in [-0.3, -0.25) is 9.97 Å². The quantitative estimate of drug-likeness (QED) is 0.163. The molecular formula is C44H47B2ClN2O4. The topological polar surface area (TPSA) is 62.7 Å². The molecule has 2 fully saturated rings. The molecule has 53 heavy (non-hydrogen) atoms. The van der Waals surface area contributed by atoms with E-state index in [1.165, 1.54) is 16.7 Å². The molecule has 5 aromatic rings. The van der Waals surface area contributed by atoms with Gasteiger partial charge in [0, 0.05) is 47.4 Å². The van der Waals surface area contributed by atoms with Crippen LogP contribution in [-0.2, 0) is 25.0 Å². The van der Waals surface area contributed by atoms with Gasteiger partial charge in [-0.05, 0) is 147 Å². The van der Waals surface area contributed by atoms with E-state index in [0.29, 0.717) is 17.4 Å². The second-order valence-electron chi connectivity index (χ2n) is 16.9. The molecule has 0 radical (unpaired) electrons. The summed E-state index contributed by atoms with van der Waals surface area (Å²) in [5.74, 6) is 0.542. The van der Waals surface area contributed by atoms with Gasteiger partial charge in [-0.25, -0.2) is 0 Å². The summed E-state index contributed by atoms with van der Waals surface area (Å²) in [6, 6.07) is 27.8. The molecule has 2 unspecified atom stereocenters. The Bertz CT molecular complexity index is 2140. The number of hydrogen-bond acceptors (Lipinski definition) is 6. The van der Waals surface area contributed by atoms with Gasteiger partial charge in [0.2, 0.25) is 0 Å². The monoisotopic (exact) mass is 724 g/mol.